The van der Waals surface area contributed by atoms with Gasteiger partial charge in [-0.2, -0.15) is 0 Å². The van der Waals surface area contributed by atoms with E-state index >= 15 is 0 Å². The van der Waals surface area contributed by atoms with Gasteiger partial charge in [0.2, 0.25) is 5.16 Å². The summed E-state index contributed by atoms with van der Waals surface area (Å²) in [5, 5.41) is 16.1. The first-order chi connectivity index (χ1) is 8.75. The Bertz CT molecular complexity index is 351. The second-order valence-electron chi connectivity index (χ2n) is 4.83. The Hall–Kier alpha value is -0.660. The van der Waals surface area contributed by atoms with E-state index in [0.29, 0.717) is 12.0 Å². The van der Waals surface area contributed by atoms with Crippen LogP contribution in [0, 0.1) is 5.92 Å². The highest BCUT2D eigenvalue weighted by Gasteiger charge is 2.17. The van der Waals surface area contributed by atoms with E-state index in [9.17, 15) is 0 Å². The topological polar surface area (TPSA) is 64.9 Å². The zero-order valence-corrected chi connectivity index (χ0v) is 11.8. The van der Waals surface area contributed by atoms with Crippen LogP contribution in [0.5, 0.6) is 0 Å². The van der Waals surface area contributed by atoms with Crippen molar-refractivity contribution in [2.75, 3.05) is 25.5 Å². The molecule has 1 fully saturated rings. The molecule has 6 nitrogen and oxygen atoms in total. The molecule has 0 saturated carbocycles. The van der Waals surface area contributed by atoms with Crippen molar-refractivity contribution in [1.82, 2.24) is 25.5 Å². The van der Waals surface area contributed by atoms with Crippen molar-refractivity contribution in [3.8, 4) is 0 Å². The average molecular weight is 271 g/mol. The van der Waals surface area contributed by atoms with Gasteiger partial charge in [-0.25, -0.2) is 4.68 Å². The first-order valence-corrected chi connectivity index (χ1v) is 7.44. The Morgan fingerprint density at radius 1 is 1.56 bits per heavy atom. The van der Waals surface area contributed by atoms with E-state index in [4.69, 9.17) is 4.74 Å². The highest BCUT2D eigenvalue weighted by Crippen LogP contribution is 2.22. The normalized spacial score (nSPS) is 19.8. The Balaban J connectivity index is 1.75. The molecule has 0 spiro atoms. The van der Waals surface area contributed by atoms with Gasteiger partial charge in [0, 0.05) is 24.9 Å². The minimum Gasteiger partial charge on any atom is -0.381 e. The van der Waals surface area contributed by atoms with Gasteiger partial charge in [0.05, 0.1) is 13.2 Å². The van der Waals surface area contributed by atoms with Crippen LogP contribution in [0.2, 0.25) is 0 Å². The summed E-state index contributed by atoms with van der Waals surface area (Å²) in [6.45, 7) is 7.75. The summed E-state index contributed by atoms with van der Waals surface area (Å²) in [6, 6.07) is 0.494. The Morgan fingerprint density at radius 2 is 2.44 bits per heavy atom. The van der Waals surface area contributed by atoms with Crippen LogP contribution in [-0.2, 0) is 11.3 Å². The van der Waals surface area contributed by atoms with E-state index in [1.807, 2.05) is 4.68 Å². The molecule has 1 saturated heterocycles. The molecule has 0 bridgehead atoms. The predicted molar refractivity (Wildman–Crippen MR) is 70.6 cm³/mol. The second-order valence-corrected chi connectivity index (χ2v) is 5.82. The summed E-state index contributed by atoms with van der Waals surface area (Å²) in [4.78, 5) is 0. The fraction of sp³-hybridized carbons (Fsp3) is 0.909. The van der Waals surface area contributed by atoms with E-state index in [2.05, 4.69) is 34.7 Å². The van der Waals surface area contributed by atoms with E-state index in [0.717, 1.165) is 43.6 Å². The molecule has 18 heavy (non-hydrogen) atoms. The number of hydrogen-bond donors (Lipinski definition) is 1. The lowest BCUT2D eigenvalue weighted by Crippen LogP contribution is -2.27. The van der Waals surface area contributed by atoms with Gasteiger partial charge in [0.15, 0.2) is 0 Å². The van der Waals surface area contributed by atoms with Crippen molar-refractivity contribution in [2.45, 2.75) is 38.0 Å². The quantitative estimate of drug-likeness (QED) is 0.740. The molecule has 1 N–H and O–H groups in total. The molecule has 2 heterocycles. The monoisotopic (exact) mass is 271 g/mol. The molecular weight excluding hydrogens is 250 g/mol. The highest BCUT2D eigenvalue weighted by molar-refractivity contribution is 7.99. The number of thioether (sulfide) groups is 1. The maximum absolute atomic E-state index is 5.37. The molecule has 1 aliphatic heterocycles. The largest absolute Gasteiger partial charge is 0.381 e. The van der Waals surface area contributed by atoms with Crippen LogP contribution in [0.3, 0.4) is 0 Å². The lowest BCUT2D eigenvalue weighted by molar-refractivity contribution is 0.189. The standard InChI is InChI=1S/C11H21N5OS/c1-9(2)12-4-5-16-11(13-14-15-16)18-8-10-3-6-17-7-10/h9-10,12H,3-8H2,1-2H3. The van der Waals surface area contributed by atoms with E-state index in [1.54, 1.807) is 11.8 Å². The SMILES string of the molecule is CC(C)NCCn1nnnc1SCC1CCOC1. The Kier molecular flexibility index (Phi) is 5.40. The van der Waals surface area contributed by atoms with Crippen molar-refractivity contribution < 1.29 is 4.74 Å². The van der Waals surface area contributed by atoms with Crippen LogP contribution in [0.1, 0.15) is 20.3 Å². The average Bonchev–Trinajstić information content (AvgIpc) is 2.96. The Labute approximate surface area is 112 Å². The van der Waals surface area contributed by atoms with Crippen LogP contribution in [0.15, 0.2) is 5.16 Å². The number of nitrogens with zero attached hydrogens (tertiary/aromatic N) is 4. The van der Waals surface area contributed by atoms with Crippen molar-refractivity contribution >= 4 is 11.8 Å². The van der Waals surface area contributed by atoms with E-state index in [1.165, 1.54) is 0 Å². The van der Waals surface area contributed by atoms with Crippen molar-refractivity contribution in [1.29, 1.82) is 0 Å². The van der Waals surface area contributed by atoms with Gasteiger partial charge in [-0.1, -0.05) is 25.6 Å². The fourth-order valence-electron chi connectivity index (χ4n) is 1.81. The predicted octanol–water partition coefficient (Wildman–Crippen LogP) is 0.800. The third-order valence-corrected chi connectivity index (χ3v) is 4.04. The molecular formula is C11H21N5OS. The third kappa shape index (κ3) is 4.22. The zero-order valence-electron chi connectivity index (χ0n) is 11.0. The summed E-state index contributed by atoms with van der Waals surface area (Å²) in [6.07, 6.45) is 1.16. The van der Waals surface area contributed by atoms with Crippen LogP contribution < -0.4 is 5.32 Å². The molecule has 7 heteroatoms. The molecule has 2 rings (SSSR count). The summed E-state index contributed by atoms with van der Waals surface area (Å²) in [5.74, 6) is 1.69. The zero-order chi connectivity index (χ0) is 12.8. The second kappa shape index (κ2) is 7.06. The number of nitrogens with one attached hydrogen (secondary N) is 1. The number of aromatic nitrogens is 4. The lowest BCUT2D eigenvalue weighted by Gasteiger charge is -2.09. The molecule has 102 valence electrons. The maximum Gasteiger partial charge on any atom is 0.209 e. The molecule has 1 atom stereocenters. The number of hydrogen-bond acceptors (Lipinski definition) is 6. The molecule has 1 unspecified atom stereocenters. The van der Waals surface area contributed by atoms with Gasteiger partial charge in [-0.15, -0.1) is 5.10 Å². The first-order valence-electron chi connectivity index (χ1n) is 6.46. The van der Waals surface area contributed by atoms with Crippen molar-refractivity contribution in [3.05, 3.63) is 0 Å². The van der Waals surface area contributed by atoms with Crippen molar-refractivity contribution in [3.63, 3.8) is 0 Å². The molecule has 0 aliphatic carbocycles. The smallest absolute Gasteiger partial charge is 0.209 e. The first kappa shape index (κ1) is 13.8. The minimum atomic E-state index is 0.494. The molecule has 0 amide bonds. The van der Waals surface area contributed by atoms with Gasteiger partial charge in [0.1, 0.15) is 0 Å². The number of tetrazole rings is 1. The molecule has 1 aromatic heterocycles. The molecule has 0 aromatic carbocycles. The van der Waals surface area contributed by atoms with Gasteiger partial charge in [0.25, 0.3) is 0 Å². The molecule has 0 radical (unpaired) electrons. The van der Waals surface area contributed by atoms with Crippen molar-refractivity contribution in [2.24, 2.45) is 5.92 Å². The van der Waals surface area contributed by atoms with Crippen LogP contribution >= 0.6 is 11.8 Å². The van der Waals surface area contributed by atoms with Crippen LogP contribution in [0.25, 0.3) is 0 Å². The molecule has 1 aliphatic rings. The van der Waals surface area contributed by atoms with Crippen LogP contribution in [-0.4, -0.2) is 51.8 Å². The minimum absolute atomic E-state index is 0.494. The third-order valence-electron chi connectivity index (χ3n) is 2.85. The Morgan fingerprint density at radius 3 is 3.17 bits per heavy atom. The van der Waals surface area contributed by atoms with Gasteiger partial charge < -0.3 is 10.1 Å². The maximum atomic E-state index is 5.37. The van der Waals surface area contributed by atoms with Gasteiger partial charge in [-0.05, 0) is 22.8 Å². The van der Waals surface area contributed by atoms with Gasteiger partial charge in [-0.3, -0.25) is 0 Å². The summed E-state index contributed by atoms with van der Waals surface area (Å²) < 4.78 is 7.24. The summed E-state index contributed by atoms with van der Waals surface area (Å²) >= 11 is 1.73. The number of ether oxygens (including phenoxy) is 1. The highest BCUT2D eigenvalue weighted by atomic mass is 32.2. The van der Waals surface area contributed by atoms with E-state index < -0.39 is 0 Å². The van der Waals surface area contributed by atoms with Crippen LogP contribution in [0.4, 0.5) is 0 Å². The lowest BCUT2D eigenvalue weighted by atomic mass is 10.2. The summed E-state index contributed by atoms with van der Waals surface area (Å²) in [7, 11) is 0. The number of rotatable bonds is 7. The fourth-order valence-corrected chi connectivity index (χ4v) is 2.83. The summed E-state index contributed by atoms with van der Waals surface area (Å²) in [5.41, 5.74) is 0. The molecule has 1 aromatic rings. The van der Waals surface area contributed by atoms with E-state index in [-0.39, 0.29) is 0 Å². The van der Waals surface area contributed by atoms with Gasteiger partial charge >= 0.3 is 0 Å².